The van der Waals surface area contributed by atoms with Crippen LogP contribution in [0.3, 0.4) is 0 Å². The lowest BCUT2D eigenvalue weighted by Crippen LogP contribution is -2.01. The van der Waals surface area contributed by atoms with Gasteiger partial charge in [0, 0.05) is 16.6 Å². The van der Waals surface area contributed by atoms with Crippen LogP contribution in [0.4, 0.5) is 0 Å². The second-order valence-electron chi connectivity index (χ2n) is 4.66. The van der Waals surface area contributed by atoms with Crippen LogP contribution in [-0.2, 0) is 6.54 Å². The first-order valence-corrected chi connectivity index (χ1v) is 7.34. The largest absolute Gasteiger partial charge is 0.478 e. The number of carbonyl (C=O) groups is 1. The molecule has 3 rings (SSSR count). The molecule has 3 nitrogen and oxygen atoms in total. The molecule has 21 heavy (non-hydrogen) atoms. The average Bonchev–Trinajstić information content (AvgIpc) is 2.98. The Morgan fingerprint density at radius 3 is 2.76 bits per heavy atom. The SMILES string of the molecule is Cc1sc2ccn(CC#Cc3ccccc3)c2c1C(=O)O. The van der Waals surface area contributed by atoms with Crippen molar-refractivity contribution in [3.8, 4) is 11.8 Å². The summed E-state index contributed by atoms with van der Waals surface area (Å²) >= 11 is 1.51. The molecular formula is C17H13NO2S. The molecule has 0 aliphatic carbocycles. The van der Waals surface area contributed by atoms with Gasteiger partial charge >= 0.3 is 5.97 Å². The van der Waals surface area contributed by atoms with Crippen molar-refractivity contribution in [3.63, 3.8) is 0 Å². The van der Waals surface area contributed by atoms with Crippen molar-refractivity contribution < 1.29 is 9.90 Å². The van der Waals surface area contributed by atoms with Gasteiger partial charge in [-0.2, -0.15) is 0 Å². The van der Waals surface area contributed by atoms with E-state index in [0.717, 1.165) is 20.7 Å². The number of nitrogens with zero attached hydrogens (tertiary/aromatic N) is 1. The molecule has 4 heteroatoms. The van der Waals surface area contributed by atoms with Crippen LogP contribution < -0.4 is 0 Å². The maximum absolute atomic E-state index is 11.4. The van der Waals surface area contributed by atoms with E-state index in [2.05, 4.69) is 11.8 Å². The second kappa shape index (κ2) is 5.47. The van der Waals surface area contributed by atoms with E-state index in [1.165, 1.54) is 11.3 Å². The third-order valence-electron chi connectivity index (χ3n) is 3.25. The highest BCUT2D eigenvalue weighted by atomic mass is 32.1. The van der Waals surface area contributed by atoms with E-state index in [-0.39, 0.29) is 0 Å². The van der Waals surface area contributed by atoms with Gasteiger partial charge in [-0.3, -0.25) is 0 Å². The number of hydrogen-bond donors (Lipinski definition) is 1. The molecule has 3 aromatic rings. The minimum Gasteiger partial charge on any atom is -0.478 e. The van der Waals surface area contributed by atoms with E-state index in [1.807, 2.05) is 54.1 Å². The fourth-order valence-electron chi connectivity index (χ4n) is 2.32. The zero-order valence-corrected chi connectivity index (χ0v) is 12.3. The second-order valence-corrected chi connectivity index (χ2v) is 5.92. The predicted octanol–water partition coefficient (Wildman–Crippen LogP) is 3.76. The first-order valence-electron chi connectivity index (χ1n) is 6.52. The Hall–Kier alpha value is -2.51. The highest BCUT2D eigenvalue weighted by Gasteiger charge is 2.18. The highest BCUT2D eigenvalue weighted by Crippen LogP contribution is 2.31. The standard InChI is InChI=1S/C17H13NO2S/c1-12-15(17(19)20)16-14(21-12)9-11-18(16)10-5-8-13-6-3-2-4-7-13/h2-4,6-7,9,11H,10H2,1H3,(H,19,20). The third-order valence-corrected chi connectivity index (χ3v) is 4.31. The number of carboxylic acids is 1. The lowest BCUT2D eigenvalue weighted by Gasteiger charge is -2.00. The van der Waals surface area contributed by atoms with Gasteiger partial charge < -0.3 is 9.67 Å². The zero-order valence-electron chi connectivity index (χ0n) is 11.5. The molecule has 2 aromatic heterocycles. The van der Waals surface area contributed by atoms with E-state index >= 15 is 0 Å². The Morgan fingerprint density at radius 2 is 2.05 bits per heavy atom. The maximum Gasteiger partial charge on any atom is 0.338 e. The van der Waals surface area contributed by atoms with E-state index in [4.69, 9.17) is 0 Å². The van der Waals surface area contributed by atoms with Crippen LogP contribution in [0.25, 0.3) is 10.2 Å². The molecule has 0 fully saturated rings. The summed E-state index contributed by atoms with van der Waals surface area (Å²) in [5.41, 5.74) is 2.12. The summed E-state index contributed by atoms with van der Waals surface area (Å²) in [6.45, 7) is 2.32. The predicted molar refractivity (Wildman–Crippen MR) is 84.8 cm³/mol. The Kier molecular flexibility index (Phi) is 3.51. The van der Waals surface area contributed by atoms with Crippen LogP contribution in [0.15, 0.2) is 42.6 Å². The number of benzene rings is 1. The van der Waals surface area contributed by atoms with Crippen LogP contribution in [0.1, 0.15) is 20.8 Å². The van der Waals surface area contributed by atoms with Crippen molar-refractivity contribution in [3.05, 3.63) is 58.6 Å². The smallest absolute Gasteiger partial charge is 0.338 e. The van der Waals surface area contributed by atoms with E-state index < -0.39 is 5.97 Å². The lowest BCUT2D eigenvalue weighted by atomic mass is 10.2. The number of aryl methyl sites for hydroxylation is 1. The maximum atomic E-state index is 11.4. The van der Waals surface area contributed by atoms with Gasteiger partial charge in [0.25, 0.3) is 0 Å². The summed E-state index contributed by atoms with van der Waals surface area (Å²) in [6.07, 6.45) is 1.90. The number of thiophene rings is 1. The molecule has 104 valence electrons. The number of fused-ring (bicyclic) bond motifs is 1. The molecule has 0 saturated carbocycles. The molecule has 0 saturated heterocycles. The lowest BCUT2D eigenvalue weighted by molar-refractivity contribution is 0.0698. The number of hydrogen-bond acceptors (Lipinski definition) is 2. The fourth-order valence-corrected chi connectivity index (χ4v) is 3.38. The van der Waals surface area contributed by atoms with Crippen molar-refractivity contribution in [1.29, 1.82) is 0 Å². The van der Waals surface area contributed by atoms with Gasteiger partial charge in [0.15, 0.2) is 0 Å². The minimum atomic E-state index is -0.880. The van der Waals surface area contributed by atoms with Gasteiger partial charge in [0.2, 0.25) is 0 Å². The summed E-state index contributed by atoms with van der Waals surface area (Å²) in [7, 11) is 0. The Balaban J connectivity index is 1.95. The molecule has 1 aromatic carbocycles. The van der Waals surface area contributed by atoms with E-state index in [0.29, 0.717) is 12.1 Å². The quantitative estimate of drug-likeness (QED) is 0.731. The molecule has 0 atom stereocenters. The van der Waals surface area contributed by atoms with Gasteiger partial charge in [-0.25, -0.2) is 4.79 Å². The van der Waals surface area contributed by atoms with Crippen LogP contribution >= 0.6 is 11.3 Å². The van der Waals surface area contributed by atoms with Crippen molar-refractivity contribution in [2.75, 3.05) is 0 Å². The van der Waals surface area contributed by atoms with Crippen LogP contribution in [0.5, 0.6) is 0 Å². The summed E-state index contributed by atoms with van der Waals surface area (Å²) < 4.78 is 2.89. The van der Waals surface area contributed by atoms with Crippen LogP contribution in [0.2, 0.25) is 0 Å². The monoisotopic (exact) mass is 295 g/mol. The minimum absolute atomic E-state index is 0.390. The molecular weight excluding hydrogens is 282 g/mol. The van der Waals surface area contributed by atoms with Crippen molar-refractivity contribution in [2.24, 2.45) is 0 Å². The van der Waals surface area contributed by atoms with E-state index in [1.54, 1.807) is 0 Å². The average molecular weight is 295 g/mol. The topological polar surface area (TPSA) is 42.2 Å². The fraction of sp³-hybridized carbons (Fsp3) is 0.118. The number of carboxylic acid groups (broad SMARTS) is 1. The number of aromatic nitrogens is 1. The molecule has 0 unspecified atom stereocenters. The van der Waals surface area contributed by atoms with Gasteiger partial charge in [0.1, 0.15) is 0 Å². The van der Waals surface area contributed by atoms with Gasteiger partial charge in [0.05, 0.1) is 22.3 Å². The van der Waals surface area contributed by atoms with Gasteiger partial charge in [-0.05, 0) is 25.1 Å². The van der Waals surface area contributed by atoms with Crippen molar-refractivity contribution in [1.82, 2.24) is 4.57 Å². The number of rotatable bonds is 2. The van der Waals surface area contributed by atoms with E-state index in [9.17, 15) is 9.90 Å². The molecule has 0 spiro atoms. The van der Waals surface area contributed by atoms with Crippen LogP contribution in [0, 0.1) is 18.8 Å². The third kappa shape index (κ3) is 2.56. The summed E-state index contributed by atoms with van der Waals surface area (Å²) in [4.78, 5) is 12.2. The molecule has 0 aliphatic heterocycles. The first-order chi connectivity index (χ1) is 10.2. The Labute approximate surface area is 126 Å². The molecule has 2 heterocycles. The highest BCUT2D eigenvalue weighted by molar-refractivity contribution is 7.19. The Morgan fingerprint density at radius 1 is 1.29 bits per heavy atom. The molecule has 1 N–H and O–H groups in total. The summed E-state index contributed by atoms with van der Waals surface area (Å²) in [5.74, 6) is 5.30. The van der Waals surface area contributed by atoms with Gasteiger partial charge in [-0.15, -0.1) is 11.3 Å². The van der Waals surface area contributed by atoms with Crippen molar-refractivity contribution >= 4 is 27.5 Å². The summed E-state index contributed by atoms with van der Waals surface area (Å²) in [5, 5.41) is 9.36. The molecule has 0 bridgehead atoms. The van der Waals surface area contributed by atoms with Gasteiger partial charge in [-0.1, -0.05) is 30.0 Å². The van der Waals surface area contributed by atoms with Crippen LogP contribution in [-0.4, -0.2) is 15.6 Å². The van der Waals surface area contributed by atoms with Crippen molar-refractivity contribution in [2.45, 2.75) is 13.5 Å². The molecule has 0 radical (unpaired) electrons. The molecule has 0 amide bonds. The molecule has 0 aliphatic rings. The Bertz CT molecular complexity index is 863. The summed E-state index contributed by atoms with van der Waals surface area (Å²) in [6, 6.07) is 11.7. The number of aromatic carboxylic acids is 1. The normalized spacial score (nSPS) is 10.3. The first kappa shape index (κ1) is 13.5. The zero-order chi connectivity index (χ0) is 14.8.